The number of nitrogens with two attached hydrogens (primary N) is 1. The largest absolute Gasteiger partial charge is 0.486 e. The maximum absolute atomic E-state index is 12.7. The zero-order valence-corrected chi connectivity index (χ0v) is 12.1. The van der Waals surface area contributed by atoms with Crippen LogP contribution in [0.3, 0.4) is 0 Å². The first-order valence-corrected chi connectivity index (χ1v) is 8.15. The standard InChI is InChI=1S/C13H16N2O5S/c14-13(16)10-2-1-5-15(10)21(17,18)9-3-4-11-12(8-9)20-7-6-19-11/h3-4,8,10H,1-2,5-7H2,(H2,14,16)/t10-/m0/s1. The monoisotopic (exact) mass is 312 g/mol. The van der Waals surface area contributed by atoms with Crippen LogP contribution in [0.15, 0.2) is 23.1 Å². The molecule has 3 rings (SSSR count). The van der Waals surface area contributed by atoms with Crippen LogP contribution in [0.5, 0.6) is 11.5 Å². The highest BCUT2D eigenvalue weighted by Crippen LogP contribution is 2.34. The molecular weight excluding hydrogens is 296 g/mol. The van der Waals surface area contributed by atoms with Crippen molar-refractivity contribution in [2.45, 2.75) is 23.8 Å². The van der Waals surface area contributed by atoms with Crippen LogP contribution in [-0.4, -0.2) is 44.4 Å². The predicted octanol–water partition coefficient (Wildman–Crippen LogP) is 0.0962. The molecule has 0 spiro atoms. The third kappa shape index (κ3) is 2.44. The van der Waals surface area contributed by atoms with E-state index in [1.54, 1.807) is 6.07 Å². The Kier molecular flexibility index (Phi) is 3.50. The fourth-order valence-electron chi connectivity index (χ4n) is 2.63. The molecule has 21 heavy (non-hydrogen) atoms. The van der Waals surface area contributed by atoms with Crippen LogP contribution in [-0.2, 0) is 14.8 Å². The molecule has 1 aromatic carbocycles. The van der Waals surface area contributed by atoms with E-state index in [1.165, 1.54) is 16.4 Å². The zero-order valence-electron chi connectivity index (χ0n) is 11.3. The van der Waals surface area contributed by atoms with Crippen molar-refractivity contribution in [1.82, 2.24) is 4.31 Å². The van der Waals surface area contributed by atoms with Crippen molar-refractivity contribution in [3.63, 3.8) is 0 Å². The number of nitrogens with zero attached hydrogens (tertiary/aromatic N) is 1. The molecule has 0 bridgehead atoms. The van der Waals surface area contributed by atoms with E-state index < -0.39 is 22.0 Å². The SMILES string of the molecule is NC(=O)[C@@H]1CCCN1S(=O)(=O)c1ccc2c(c1)OCCO2. The number of hydrogen-bond acceptors (Lipinski definition) is 5. The Bertz CT molecular complexity index is 673. The highest BCUT2D eigenvalue weighted by atomic mass is 32.2. The lowest BCUT2D eigenvalue weighted by Gasteiger charge is -2.23. The van der Waals surface area contributed by atoms with Crippen molar-refractivity contribution in [3.05, 3.63) is 18.2 Å². The molecule has 0 saturated carbocycles. The van der Waals surface area contributed by atoms with E-state index in [4.69, 9.17) is 15.2 Å². The van der Waals surface area contributed by atoms with Gasteiger partial charge in [0.1, 0.15) is 19.3 Å². The topological polar surface area (TPSA) is 98.9 Å². The number of carbonyl (C=O) groups is 1. The fourth-order valence-corrected chi connectivity index (χ4v) is 4.31. The summed E-state index contributed by atoms with van der Waals surface area (Å²) in [4.78, 5) is 11.5. The molecule has 1 fully saturated rings. The van der Waals surface area contributed by atoms with E-state index in [1.807, 2.05) is 0 Å². The first-order valence-electron chi connectivity index (χ1n) is 6.71. The van der Waals surface area contributed by atoms with Gasteiger partial charge in [-0.25, -0.2) is 8.42 Å². The summed E-state index contributed by atoms with van der Waals surface area (Å²) in [5.74, 6) is 0.304. The van der Waals surface area contributed by atoms with Gasteiger partial charge in [-0.1, -0.05) is 0 Å². The summed E-state index contributed by atoms with van der Waals surface area (Å²) in [6.07, 6.45) is 1.08. The molecule has 7 nitrogen and oxygen atoms in total. The maximum atomic E-state index is 12.7. The second-order valence-corrected chi connectivity index (χ2v) is 6.87. The van der Waals surface area contributed by atoms with Gasteiger partial charge in [-0.3, -0.25) is 4.79 Å². The number of rotatable bonds is 3. The quantitative estimate of drug-likeness (QED) is 0.853. The normalized spacial score (nSPS) is 22.2. The number of carbonyl (C=O) groups excluding carboxylic acids is 1. The minimum Gasteiger partial charge on any atom is -0.486 e. The van der Waals surface area contributed by atoms with Crippen LogP contribution in [0.2, 0.25) is 0 Å². The summed E-state index contributed by atoms with van der Waals surface area (Å²) < 4.78 is 37.2. The van der Waals surface area contributed by atoms with E-state index in [9.17, 15) is 13.2 Å². The van der Waals surface area contributed by atoms with Gasteiger partial charge in [0.05, 0.1) is 4.90 Å². The maximum Gasteiger partial charge on any atom is 0.243 e. The lowest BCUT2D eigenvalue weighted by atomic mass is 10.2. The van der Waals surface area contributed by atoms with Gasteiger partial charge in [0.25, 0.3) is 0 Å². The van der Waals surface area contributed by atoms with Crippen molar-refractivity contribution in [1.29, 1.82) is 0 Å². The Morgan fingerprint density at radius 3 is 2.67 bits per heavy atom. The molecule has 8 heteroatoms. The Hall–Kier alpha value is -1.80. The Morgan fingerprint density at radius 1 is 1.24 bits per heavy atom. The minimum atomic E-state index is -3.77. The van der Waals surface area contributed by atoms with Gasteiger partial charge < -0.3 is 15.2 Å². The molecule has 0 aliphatic carbocycles. The fraction of sp³-hybridized carbons (Fsp3) is 0.462. The molecule has 0 radical (unpaired) electrons. The third-order valence-corrected chi connectivity index (χ3v) is 5.56. The predicted molar refractivity (Wildman–Crippen MR) is 73.5 cm³/mol. The van der Waals surface area contributed by atoms with E-state index in [-0.39, 0.29) is 4.90 Å². The summed E-state index contributed by atoms with van der Waals surface area (Å²) >= 11 is 0. The van der Waals surface area contributed by atoms with Crippen LogP contribution in [0.25, 0.3) is 0 Å². The molecular formula is C13H16N2O5S. The van der Waals surface area contributed by atoms with Gasteiger partial charge in [0.2, 0.25) is 15.9 Å². The van der Waals surface area contributed by atoms with Gasteiger partial charge in [-0.2, -0.15) is 4.31 Å². The second-order valence-electron chi connectivity index (χ2n) is 4.98. The van der Waals surface area contributed by atoms with E-state index in [0.717, 1.165) is 0 Å². The number of fused-ring (bicyclic) bond motifs is 1. The number of ether oxygens (including phenoxy) is 2. The molecule has 1 aromatic rings. The minimum absolute atomic E-state index is 0.0832. The number of hydrogen-bond donors (Lipinski definition) is 1. The molecule has 1 saturated heterocycles. The van der Waals surface area contributed by atoms with Gasteiger partial charge in [0, 0.05) is 12.6 Å². The number of primary amides is 1. The van der Waals surface area contributed by atoms with Gasteiger partial charge in [-0.15, -0.1) is 0 Å². The van der Waals surface area contributed by atoms with Crippen LogP contribution >= 0.6 is 0 Å². The zero-order chi connectivity index (χ0) is 15.0. The molecule has 2 aliphatic rings. The van der Waals surface area contributed by atoms with Gasteiger partial charge >= 0.3 is 0 Å². The summed E-state index contributed by atoms with van der Waals surface area (Å²) in [5, 5.41) is 0. The van der Waals surface area contributed by atoms with Crippen LogP contribution < -0.4 is 15.2 Å². The summed E-state index contributed by atoms with van der Waals surface area (Å²) in [6.45, 7) is 1.11. The lowest BCUT2D eigenvalue weighted by Crippen LogP contribution is -2.43. The molecule has 2 aliphatic heterocycles. The average molecular weight is 312 g/mol. The molecule has 0 aromatic heterocycles. The second kappa shape index (κ2) is 5.19. The highest BCUT2D eigenvalue weighted by Gasteiger charge is 2.38. The van der Waals surface area contributed by atoms with Gasteiger partial charge in [0.15, 0.2) is 11.5 Å². The number of benzene rings is 1. The summed E-state index contributed by atoms with van der Waals surface area (Å²) in [5.41, 5.74) is 5.28. The van der Waals surface area contributed by atoms with Crippen molar-refractivity contribution in [2.24, 2.45) is 5.73 Å². The summed E-state index contributed by atoms with van der Waals surface area (Å²) in [6, 6.07) is 3.68. The van der Waals surface area contributed by atoms with Crippen LogP contribution in [0.4, 0.5) is 0 Å². The van der Waals surface area contributed by atoms with E-state index in [2.05, 4.69) is 0 Å². The van der Waals surface area contributed by atoms with Crippen LogP contribution in [0, 0.1) is 0 Å². The van der Waals surface area contributed by atoms with Crippen molar-refractivity contribution < 1.29 is 22.7 Å². The molecule has 1 amide bonds. The number of sulfonamides is 1. The van der Waals surface area contributed by atoms with Crippen molar-refractivity contribution in [3.8, 4) is 11.5 Å². The molecule has 2 heterocycles. The average Bonchev–Trinajstić information content (AvgIpc) is 2.97. The highest BCUT2D eigenvalue weighted by molar-refractivity contribution is 7.89. The summed E-state index contributed by atoms with van der Waals surface area (Å²) in [7, 11) is -3.77. The molecule has 2 N–H and O–H groups in total. The lowest BCUT2D eigenvalue weighted by molar-refractivity contribution is -0.121. The van der Waals surface area contributed by atoms with Crippen LogP contribution in [0.1, 0.15) is 12.8 Å². The first-order chi connectivity index (χ1) is 10.00. The first kappa shape index (κ1) is 14.2. The van der Waals surface area contributed by atoms with E-state index >= 15 is 0 Å². The van der Waals surface area contributed by atoms with E-state index in [0.29, 0.717) is 44.1 Å². The molecule has 0 unspecified atom stereocenters. The smallest absolute Gasteiger partial charge is 0.243 e. The van der Waals surface area contributed by atoms with Crippen molar-refractivity contribution in [2.75, 3.05) is 19.8 Å². The molecule has 114 valence electrons. The molecule has 1 atom stereocenters. The van der Waals surface area contributed by atoms with Crippen molar-refractivity contribution >= 4 is 15.9 Å². The Morgan fingerprint density at radius 2 is 1.95 bits per heavy atom. The van der Waals surface area contributed by atoms with Gasteiger partial charge in [-0.05, 0) is 25.0 Å². The Balaban J connectivity index is 1.96. The third-order valence-electron chi connectivity index (χ3n) is 3.65. The number of amides is 1. The Labute approximate surface area is 122 Å².